The van der Waals surface area contributed by atoms with Gasteiger partial charge in [-0.25, -0.2) is 0 Å². The Kier molecular flexibility index (Phi) is 3.55. The van der Waals surface area contributed by atoms with Gasteiger partial charge in [0.05, 0.1) is 6.61 Å². The number of benzene rings is 1. The van der Waals surface area contributed by atoms with Gasteiger partial charge in [-0.1, -0.05) is 12.1 Å². The second-order valence-corrected chi connectivity index (χ2v) is 5.51. The molecule has 0 amide bonds. The van der Waals surface area contributed by atoms with E-state index in [0.29, 0.717) is 0 Å². The van der Waals surface area contributed by atoms with Crippen molar-refractivity contribution in [3.05, 3.63) is 34.4 Å². The molecule has 0 unspecified atom stereocenters. The van der Waals surface area contributed by atoms with Crippen LogP contribution in [0.25, 0.3) is 0 Å². The maximum Gasteiger partial charge on any atom is 0.0613 e. The van der Waals surface area contributed by atoms with Gasteiger partial charge in [-0.15, -0.1) is 0 Å². The van der Waals surface area contributed by atoms with Gasteiger partial charge >= 0.3 is 0 Å². The minimum Gasteiger partial charge on any atom is -0.394 e. The van der Waals surface area contributed by atoms with Gasteiger partial charge in [-0.05, 0) is 62.3 Å². The average Bonchev–Trinajstić information content (AvgIpc) is 2.24. The highest BCUT2D eigenvalue weighted by Crippen LogP contribution is 2.31. The summed E-state index contributed by atoms with van der Waals surface area (Å²) in [5, 5.41) is 13.0. The lowest BCUT2D eigenvalue weighted by molar-refractivity contribution is 0.0871. The number of aliphatic hydroxyl groups is 1. The highest BCUT2D eigenvalue weighted by atomic mass is 16.3. The zero-order chi connectivity index (χ0) is 12.5. The smallest absolute Gasteiger partial charge is 0.0613 e. The Hall–Kier alpha value is -0.860. The molecule has 1 aliphatic rings. The SMILES string of the molecule is Cc1cc(C)c(CNC2(CO)CCC2)cc1C. The second-order valence-electron chi connectivity index (χ2n) is 5.51. The van der Waals surface area contributed by atoms with Crippen LogP contribution in [0.1, 0.15) is 41.5 Å². The Morgan fingerprint density at radius 3 is 2.29 bits per heavy atom. The number of aryl methyl sites for hydroxylation is 3. The minimum absolute atomic E-state index is 0.00519. The van der Waals surface area contributed by atoms with Crippen molar-refractivity contribution in [2.45, 2.75) is 52.1 Å². The zero-order valence-corrected chi connectivity index (χ0v) is 11.1. The van der Waals surface area contributed by atoms with Gasteiger partial charge < -0.3 is 10.4 Å². The third-order valence-electron chi connectivity index (χ3n) is 4.22. The second kappa shape index (κ2) is 4.79. The lowest BCUT2D eigenvalue weighted by atomic mass is 9.77. The van der Waals surface area contributed by atoms with Crippen molar-refractivity contribution in [2.75, 3.05) is 6.61 Å². The third-order valence-corrected chi connectivity index (χ3v) is 4.22. The Morgan fingerprint density at radius 1 is 1.12 bits per heavy atom. The minimum atomic E-state index is 0.00519. The van der Waals surface area contributed by atoms with Crippen LogP contribution in [0, 0.1) is 20.8 Å². The summed E-state index contributed by atoms with van der Waals surface area (Å²) in [5.74, 6) is 0. The quantitative estimate of drug-likeness (QED) is 0.838. The molecule has 1 saturated carbocycles. The Morgan fingerprint density at radius 2 is 1.76 bits per heavy atom. The van der Waals surface area contributed by atoms with Gasteiger partial charge in [0, 0.05) is 12.1 Å². The first kappa shape index (κ1) is 12.6. The van der Waals surface area contributed by atoms with Gasteiger partial charge in [0.15, 0.2) is 0 Å². The summed E-state index contributed by atoms with van der Waals surface area (Å²) in [7, 11) is 0. The molecule has 0 aromatic heterocycles. The van der Waals surface area contributed by atoms with Crippen LogP contribution in [0.3, 0.4) is 0 Å². The normalized spacial score (nSPS) is 17.9. The molecule has 94 valence electrons. The van der Waals surface area contributed by atoms with Crippen LogP contribution in [0.5, 0.6) is 0 Å². The predicted molar refractivity (Wildman–Crippen MR) is 71.2 cm³/mol. The lowest BCUT2D eigenvalue weighted by Crippen LogP contribution is -2.53. The molecule has 2 heteroatoms. The molecule has 0 heterocycles. The van der Waals surface area contributed by atoms with Gasteiger partial charge in [-0.3, -0.25) is 0 Å². The molecule has 1 aromatic rings. The first-order chi connectivity index (χ1) is 8.06. The first-order valence-corrected chi connectivity index (χ1v) is 6.49. The van der Waals surface area contributed by atoms with E-state index in [4.69, 9.17) is 0 Å². The van der Waals surface area contributed by atoms with Crippen molar-refractivity contribution >= 4 is 0 Å². The fourth-order valence-corrected chi connectivity index (χ4v) is 2.49. The Bertz CT molecular complexity index is 402. The Labute approximate surface area is 104 Å². The maximum absolute atomic E-state index is 9.42. The zero-order valence-electron chi connectivity index (χ0n) is 11.1. The van der Waals surface area contributed by atoms with E-state index in [-0.39, 0.29) is 12.1 Å². The summed E-state index contributed by atoms with van der Waals surface area (Å²) in [6.07, 6.45) is 3.44. The average molecular weight is 233 g/mol. The summed E-state index contributed by atoms with van der Waals surface area (Å²) in [5.41, 5.74) is 5.40. The lowest BCUT2D eigenvalue weighted by Gasteiger charge is -2.41. The Balaban J connectivity index is 2.06. The van der Waals surface area contributed by atoms with E-state index in [2.05, 4.69) is 38.2 Å². The predicted octanol–water partition coefficient (Wildman–Crippen LogP) is 2.62. The van der Waals surface area contributed by atoms with Crippen molar-refractivity contribution in [1.29, 1.82) is 0 Å². The molecule has 0 bridgehead atoms. The number of aliphatic hydroxyl groups excluding tert-OH is 1. The summed E-state index contributed by atoms with van der Waals surface area (Å²) >= 11 is 0. The van der Waals surface area contributed by atoms with Crippen LogP contribution >= 0.6 is 0 Å². The topological polar surface area (TPSA) is 32.3 Å². The molecule has 2 N–H and O–H groups in total. The van der Waals surface area contributed by atoms with E-state index in [9.17, 15) is 5.11 Å². The summed E-state index contributed by atoms with van der Waals surface area (Å²) in [4.78, 5) is 0. The molecule has 0 spiro atoms. The fraction of sp³-hybridized carbons (Fsp3) is 0.600. The van der Waals surface area contributed by atoms with Gasteiger partial charge in [0.1, 0.15) is 0 Å². The van der Waals surface area contributed by atoms with Crippen molar-refractivity contribution in [3.8, 4) is 0 Å². The fourth-order valence-electron chi connectivity index (χ4n) is 2.49. The molecule has 2 rings (SSSR count). The maximum atomic E-state index is 9.42. The van der Waals surface area contributed by atoms with Crippen molar-refractivity contribution in [1.82, 2.24) is 5.32 Å². The molecular weight excluding hydrogens is 210 g/mol. The number of hydrogen-bond donors (Lipinski definition) is 2. The van der Waals surface area contributed by atoms with Crippen molar-refractivity contribution in [3.63, 3.8) is 0 Å². The van der Waals surface area contributed by atoms with Crippen LogP contribution in [0.15, 0.2) is 12.1 Å². The molecule has 0 aliphatic heterocycles. The van der Waals surface area contributed by atoms with E-state index in [0.717, 1.165) is 19.4 Å². The highest BCUT2D eigenvalue weighted by Gasteiger charge is 2.35. The standard InChI is InChI=1S/C15H23NO/c1-11-7-13(3)14(8-12(11)2)9-16-15(10-17)5-4-6-15/h7-8,16-17H,4-6,9-10H2,1-3H3. The molecule has 2 nitrogen and oxygen atoms in total. The molecular formula is C15H23NO. The first-order valence-electron chi connectivity index (χ1n) is 6.49. The number of nitrogens with one attached hydrogen (secondary N) is 1. The molecule has 1 aromatic carbocycles. The molecule has 1 fully saturated rings. The van der Waals surface area contributed by atoms with E-state index in [1.54, 1.807) is 0 Å². The van der Waals surface area contributed by atoms with Gasteiger partial charge in [-0.2, -0.15) is 0 Å². The largest absolute Gasteiger partial charge is 0.394 e. The molecule has 0 radical (unpaired) electrons. The number of rotatable bonds is 4. The monoisotopic (exact) mass is 233 g/mol. The molecule has 1 aliphatic carbocycles. The van der Waals surface area contributed by atoms with E-state index in [1.807, 2.05) is 0 Å². The third kappa shape index (κ3) is 2.53. The van der Waals surface area contributed by atoms with Crippen molar-refractivity contribution < 1.29 is 5.11 Å². The van der Waals surface area contributed by atoms with Crippen LogP contribution in [0.4, 0.5) is 0 Å². The number of hydrogen-bond acceptors (Lipinski definition) is 2. The van der Waals surface area contributed by atoms with Gasteiger partial charge in [0.25, 0.3) is 0 Å². The van der Waals surface area contributed by atoms with Crippen LogP contribution in [0.2, 0.25) is 0 Å². The summed E-state index contributed by atoms with van der Waals surface area (Å²) < 4.78 is 0. The van der Waals surface area contributed by atoms with E-state index in [1.165, 1.54) is 28.7 Å². The van der Waals surface area contributed by atoms with E-state index >= 15 is 0 Å². The van der Waals surface area contributed by atoms with Crippen LogP contribution in [-0.4, -0.2) is 17.3 Å². The van der Waals surface area contributed by atoms with Gasteiger partial charge in [0.2, 0.25) is 0 Å². The summed E-state index contributed by atoms with van der Waals surface area (Å²) in [6, 6.07) is 4.51. The molecule has 0 atom stereocenters. The van der Waals surface area contributed by atoms with Crippen LogP contribution < -0.4 is 5.32 Å². The summed E-state index contributed by atoms with van der Waals surface area (Å²) in [6.45, 7) is 7.60. The molecule has 17 heavy (non-hydrogen) atoms. The van der Waals surface area contributed by atoms with Crippen LogP contribution in [-0.2, 0) is 6.54 Å². The molecule has 0 saturated heterocycles. The van der Waals surface area contributed by atoms with Crippen molar-refractivity contribution in [2.24, 2.45) is 0 Å². The van der Waals surface area contributed by atoms with E-state index < -0.39 is 0 Å². The highest BCUT2D eigenvalue weighted by molar-refractivity contribution is 5.36.